The van der Waals surface area contributed by atoms with Gasteiger partial charge < -0.3 is 15.4 Å². The van der Waals surface area contributed by atoms with Crippen LogP contribution in [0, 0.1) is 0 Å². The Balaban J connectivity index is 1.61. The van der Waals surface area contributed by atoms with E-state index in [-0.39, 0.29) is 0 Å². The average Bonchev–Trinajstić information content (AvgIpc) is 2.70. The molecule has 0 radical (unpaired) electrons. The van der Waals surface area contributed by atoms with E-state index in [4.69, 9.17) is 15.5 Å². The number of anilines is 2. The number of aliphatic imine (C=N–C) groups is 1. The Morgan fingerprint density at radius 1 is 1.15 bits per heavy atom. The number of hydrogen-bond acceptors (Lipinski definition) is 5. The summed E-state index contributed by atoms with van der Waals surface area (Å²) in [5, 5.41) is 0. The van der Waals surface area contributed by atoms with Gasteiger partial charge in [0.25, 0.3) is 0 Å². The molecule has 5 nitrogen and oxygen atoms in total. The first-order valence-corrected chi connectivity index (χ1v) is 9.19. The van der Waals surface area contributed by atoms with Crippen LogP contribution in [-0.4, -0.2) is 43.5 Å². The third-order valence-electron chi connectivity index (χ3n) is 4.86. The van der Waals surface area contributed by atoms with Crippen molar-refractivity contribution in [1.82, 2.24) is 4.98 Å². The van der Waals surface area contributed by atoms with E-state index in [1.165, 1.54) is 5.57 Å². The highest BCUT2D eigenvalue weighted by Gasteiger charge is 2.16. The van der Waals surface area contributed by atoms with E-state index in [2.05, 4.69) is 40.2 Å². The number of nitrogens with two attached hydrogens (primary N) is 1. The molecule has 26 heavy (non-hydrogen) atoms. The molecule has 0 unspecified atom stereocenters. The monoisotopic (exact) mass is 348 g/mol. The van der Waals surface area contributed by atoms with Crippen molar-refractivity contribution in [3.8, 4) is 0 Å². The molecule has 0 atom stereocenters. The zero-order valence-corrected chi connectivity index (χ0v) is 14.9. The maximum absolute atomic E-state index is 6.35. The van der Waals surface area contributed by atoms with Crippen LogP contribution in [0.4, 0.5) is 11.4 Å². The van der Waals surface area contributed by atoms with Gasteiger partial charge in [0, 0.05) is 37.6 Å². The van der Waals surface area contributed by atoms with Crippen molar-refractivity contribution in [1.29, 1.82) is 0 Å². The Hall–Kier alpha value is -2.66. The fraction of sp³-hybridized carbons (Fsp3) is 0.333. The van der Waals surface area contributed by atoms with Gasteiger partial charge >= 0.3 is 0 Å². The zero-order chi connectivity index (χ0) is 17.8. The van der Waals surface area contributed by atoms with E-state index in [1.54, 1.807) is 6.20 Å². The van der Waals surface area contributed by atoms with Gasteiger partial charge in [0.05, 0.1) is 30.3 Å². The van der Waals surface area contributed by atoms with Crippen molar-refractivity contribution in [2.24, 2.45) is 4.99 Å². The number of pyridine rings is 1. The first kappa shape index (κ1) is 16.8. The summed E-state index contributed by atoms with van der Waals surface area (Å²) in [6.45, 7) is 4.18. The second-order valence-corrected chi connectivity index (χ2v) is 6.66. The number of rotatable bonds is 3. The molecule has 134 valence electrons. The fourth-order valence-corrected chi connectivity index (χ4v) is 3.56. The van der Waals surface area contributed by atoms with E-state index in [1.807, 2.05) is 12.3 Å². The van der Waals surface area contributed by atoms with Crippen molar-refractivity contribution < 1.29 is 4.74 Å². The van der Waals surface area contributed by atoms with Gasteiger partial charge in [0.1, 0.15) is 0 Å². The number of allylic oxidation sites excluding steroid dienone is 1. The van der Waals surface area contributed by atoms with Gasteiger partial charge in [-0.2, -0.15) is 0 Å². The Labute approximate surface area is 154 Å². The molecule has 0 saturated carbocycles. The van der Waals surface area contributed by atoms with Gasteiger partial charge in [-0.15, -0.1) is 0 Å². The molecule has 0 bridgehead atoms. The van der Waals surface area contributed by atoms with Gasteiger partial charge in [-0.05, 0) is 54.3 Å². The molecule has 1 aromatic carbocycles. The summed E-state index contributed by atoms with van der Waals surface area (Å²) < 4.78 is 5.43. The molecule has 0 amide bonds. The van der Waals surface area contributed by atoms with Crippen LogP contribution in [0.5, 0.6) is 0 Å². The molecule has 4 rings (SSSR count). The second kappa shape index (κ2) is 7.70. The van der Waals surface area contributed by atoms with Gasteiger partial charge in [0.2, 0.25) is 0 Å². The minimum atomic E-state index is 0.760. The maximum atomic E-state index is 6.35. The van der Waals surface area contributed by atoms with Crippen LogP contribution in [0.2, 0.25) is 0 Å². The quantitative estimate of drug-likeness (QED) is 0.866. The van der Waals surface area contributed by atoms with Gasteiger partial charge in [-0.25, -0.2) is 0 Å². The minimum absolute atomic E-state index is 0.760. The molecule has 0 aliphatic carbocycles. The van der Waals surface area contributed by atoms with Crippen molar-refractivity contribution in [2.75, 3.05) is 43.5 Å². The van der Waals surface area contributed by atoms with Crippen LogP contribution in [0.15, 0.2) is 53.3 Å². The van der Waals surface area contributed by atoms with E-state index >= 15 is 0 Å². The number of ether oxygens (including phenoxy) is 1. The zero-order valence-electron chi connectivity index (χ0n) is 14.9. The van der Waals surface area contributed by atoms with E-state index in [9.17, 15) is 0 Å². The van der Waals surface area contributed by atoms with Crippen LogP contribution in [0.1, 0.15) is 24.0 Å². The number of hydrogen-bond donors (Lipinski definition) is 1. The summed E-state index contributed by atoms with van der Waals surface area (Å²) in [5.41, 5.74) is 12.8. The Kier molecular flexibility index (Phi) is 4.97. The molecular formula is C21H24N4O. The number of benzene rings is 1. The average molecular weight is 348 g/mol. The molecule has 1 aromatic heterocycles. The van der Waals surface area contributed by atoms with Crippen molar-refractivity contribution in [2.45, 2.75) is 12.8 Å². The molecule has 2 aromatic rings. The van der Waals surface area contributed by atoms with Crippen molar-refractivity contribution in [3.05, 3.63) is 59.4 Å². The second-order valence-electron chi connectivity index (χ2n) is 6.66. The molecule has 3 heterocycles. The van der Waals surface area contributed by atoms with Crippen LogP contribution < -0.4 is 10.6 Å². The summed E-state index contributed by atoms with van der Waals surface area (Å²) in [4.78, 5) is 11.3. The first-order chi connectivity index (χ1) is 12.8. The fourth-order valence-electron chi connectivity index (χ4n) is 3.56. The highest BCUT2D eigenvalue weighted by atomic mass is 16.5. The van der Waals surface area contributed by atoms with Gasteiger partial charge in [-0.3, -0.25) is 9.98 Å². The lowest BCUT2D eigenvalue weighted by molar-refractivity contribution is 0.123. The molecule has 0 spiro atoms. The van der Waals surface area contributed by atoms with E-state index < -0.39 is 0 Å². The predicted molar refractivity (Wildman–Crippen MR) is 107 cm³/mol. The van der Waals surface area contributed by atoms with E-state index in [0.717, 1.165) is 73.9 Å². The highest BCUT2D eigenvalue weighted by molar-refractivity contribution is 6.15. The summed E-state index contributed by atoms with van der Waals surface area (Å²) >= 11 is 0. The summed E-state index contributed by atoms with van der Waals surface area (Å²) in [6, 6.07) is 10.4. The SMILES string of the molecule is Nc1cc(C=C2CCCN=C2c2cccnc2)ccc1N1CCOCC1. The van der Waals surface area contributed by atoms with Crippen molar-refractivity contribution >= 4 is 23.2 Å². The largest absolute Gasteiger partial charge is 0.397 e. The Bertz CT molecular complexity index is 823. The third kappa shape index (κ3) is 3.63. The molecule has 1 fully saturated rings. The molecule has 1 saturated heterocycles. The lowest BCUT2D eigenvalue weighted by Crippen LogP contribution is -2.36. The van der Waals surface area contributed by atoms with Gasteiger partial charge in [-0.1, -0.05) is 6.07 Å². The first-order valence-electron chi connectivity index (χ1n) is 9.19. The predicted octanol–water partition coefficient (Wildman–Crippen LogP) is 3.17. The lowest BCUT2D eigenvalue weighted by Gasteiger charge is -2.30. The highest BCUT2D eigenvalue weighted by Crippen LogP contribution is 2.28. The van der Waals surface area contributed by atoms with Crippen LogP contribution >= 0.6 is 0 Å². The number of morpholine rings is 1. The molecule has 2 N–H and O–H groups in total. The van der Waals surface area contributed by atoms with Crippen LogP contribution in [-0.2, 0) is 4.74 Å². The Morgan fingerprint density at radius 2 is 2.04 bits per heavy atom. The minimum Gasteiger partial charge on any atom is -0.397 e. The topological polar surface area (TPSA) is 63.7 Å². The maximum Gasteiger partial charge on any atom is 0.0694 e. The molecule has 2 aliphatic rings. The van der Waals surface area contributed by atoms with Crippen LogP contribution in [0.25, 0.3) is 6.08 Å². The standard InChI is InChI=1S/C21H24N4O/c22-19-14-16(5-6-20(19)25-9-11-26-12-10-25)13-17-3-2-8-24-21(17)18-4-1-7-23-15-18/h1,4-7,13-15H,2-3,8-12,22H2. The molecular weight excluding hydrogens is 324 g/mol. The van der Waals surface area contributed by atoms with Gasteiger partial charge in [0.15, 0.2) is 0 Å². The third-order valence-corrected chi connectivity index (χ3v) is 4.86. The number of nitrogens with zero attached hydrogens (tertiary/aromatic N) is 3. The summed E-state index contributed by atoms with van der Waals surface area (Å²) in [7, 11) is 0. The lowest BCUT2D eigenvalue weighted by atomic mass is 9.94. The Morgan fingerprint density at radius 3 is 2.81 bits per heavy atom. The molecule has 5 heteroatoms. The molecule has 2 aliphatic heterocycles. The van der Waals surface area contributed by atoms with Crippen LogP contribution in [0.3, 0.4) is 0 Å². The normalized spacial score (nSPS) is 19.5. The smallest absolute Gasteiger partial charge is 0.0694 e. The number of nitrogen functional groups attached to an aromatic ring is 1. The van der Waals surface area contributed by atoms with Crippen molar-refractivity contribution in [3.63, 3.8) is 0 Å². The summed E-state index contributed by atoms with van der Waals surface area (Å²) in [5.74, 6) is 0. The summed E-state index contributed by atoms with van der Waals surface area (Å²) in [6.07, 6.45) is 8.00. The number of aromatic nitrogens is 1. The van der Waals surface area contributed by atoms with E-state index in [0.29, 0.717) is 0 Å².